The number of hydrogen-bond donors (Lipinski definition) is 0. The van der Waals surface area contributed by atoms with Crippen molar-refractivity contribution in [2.75, 3.05) is 0 Å². The van der Waals surface area contributed by atoms with E-state index in [1.54, 1.807) is 12.1 Å². The highest BCUT2D eigenvalue weighted by molar-refractivity contribution is 9.10. The minimum Gasteiger partial charge on any atom is -0.421 e. The number of aromatic nitrogens is 3. The zero-order valence-electron chi connectivity index (χ0n) is 10.7. The molecule has 102 valence electrons. The Balaban J connectivity index is 2.04. The van der Waals surface area contributed by atoms with Crippen LogP contribution in [0.1, 0.15) is 0 Å². The molecule has 0 aliphatic rings. The van der Waals surface area contributed by atoms with Crippen molar-refractivity contribution >= 4 is 37.9 Å². The highest BCUT2D eigenvalue weighted by Crippen LogP contribution is 2.21. The lowest BCUT2D eigenvalue weighted by molar-refractivity contribution is 0.551. The molecule has 0 N–H and O–H groups in total. The summed E-state index contributed by atoms with van der Waals surface area (Å²) < 4.78 is 7.73. The molecule has 4 rings (SSSR count). The van der Waals surface area contributed by atoms with Gasteiger partial charge in [-0.15, -0.1) is 5.10 Å². The van der Waals surface area contributed by atoms with Gasteiger partial charge in [-0.3, -0.25) is 0 Å². The average Bonchev–Trinajstić information content (AvgIpc) is 2.90. The quantitative estimate of drug-likeness (QED) is 0.498. The summed E-state index contributed by atoms with van der Waals surface area (Å²) in [7, 11) is 0. The molecule has 0 fully saturated rings. The van der Waals surface area contributed by atoms with Crippen molar-refractivity contribution in [1.82, 2.24) is 15.0 Å². The van der Waals surface area contributed by atoms with E-state index in [1.807, 2.05) is 36.4 Å². The van der Waals surface area contributed by atoms with Gasteiger partial charge in [-0.25, -0.2) is 9.48 Å². The van der Waals surface area contributed by atoms with Crippen molar-refractivity contribution in [3.63, 3.8) is 0 Å². The van der Waals surface area contributed by atoms with E-state index < -0.39 is 5.63 Å². The summed E-state index contributed by atoms with van der Waals surface area (Å²) in [6, 6.07) is 14.8. The number of rotatable bonds is 1. The Morgan fingerprint density at radius 2 is 1.95 bits per heavy atom. The maximum atomic E-state index is 12.2. The standard InChI is InChI=1S/C15H8BrN3O2/c16-10-6-5-9-7-13(15(20)21-14(9)8-10)19-12-4-2-1-3-11(12)17-18-19/h1-8H. The molecule has 2 aromatic carbocycles. The van der Waals surface area contributed by atoms with E-state index in [0.717, 1.165) is 20.9 Å². The normalized spacial score (nSPS) is 11.3. The first-order valence-electron chi connectivity index (χ1n) is 6.26. The Bertz CT molecular complexity index is 1040. The summed E-state index contributed by atoms with van der Waals surface area (Å²) in [5.41, 5.74) is 1.92. The zero-order valence-corrected chi connectivity index (χ0v) is 12.2. The highest BCUT2D eigenvalue weighted by Gasteiger charge is 2.12. The summed E-state index contributed by atoms with van der Waals surface area (Å²) >= 11 is 3.36. The molecule has 0 bridgehead atoms. The number of benzene rings is 2. The van der Waals surface area contributed by atoms with Crippen LogP contribution in [0.25, 0.3) is 27.7 Å². The van der Waals surface area contributed by atoms with Crippen molar-refractivity contribution in [1.29, 1.82) is 0 Å². The van der Waals surface area contributed by atoms with Gasteiger partial charge >= 0.3 is 5.63 Å². The predicted octanol–water partition coefficient (Wildman–Crippen LogP) is 3.29. The van der Waals surface area contributed by atoms with Gasteiger partial charge in [0.25, 0.3) is 0 Å². The van der Waals surface area contributed by atoms with E-state index in [4.69, 9.17) is 4.42 Å². The van der Waals surface area contributed by atoms with Crippen LogP contribution in [0.15, 0.2) is 62.2 Å². The minimum absolute atomic E-state index is 0.346. The van der Waals surface area contributed by atoms with Crippen molar-refractivity contribution in [2.45, 2.75) is 0 Å². The topological polar surface area (TPSA) is 60.9 Å². The fraction of sp³-hybridized carbons (Fsp3) is 0. The lowest BCUT2D eigenvalue weighted by Gasteiger charge is -2.03. The molecule has 6 heteroatoms. The first-order valence-corrected chi connectivity index (χ1v) is 7.06. The Morgan fingerprint density at radius 1 is 1.10 bits per heavy atom. The van der Waals surface area contributed by atoms with Crippen LogP contribution >= 0.6 is 15.9 Å². The number of fused-ring (bicyclic) bond motifs is 2. The fourth-order valence-corrected chi connectivity index (χ4v) is 2.61. The van der Waals surface area contributed by atoms with Crippen molar-refractivity contribution in [3.05, 3.63) is 63.4 Å². The Hall–Kier alpha value is -2.47. The third-order valence-electron chi connectivity index (χ3n) is 3.26. The molecule has 2 heterocycles. The third-order valence-corrected chi connectivity index (χ3v) is 3.75. The molecule has 4 aromatic rings. The molecular formula is C15H8BrN3O2. The molecule has 0 amide bonds. The van der Waals surface area contributed by atoms with Gasteiger partial charge < -0.3 is 4.42 Å². The molecule has 5 nitrogen and oxygen atoms in total. The van der Waals surface area contributed by atoms with Crippen LogP contribution in [0.5, 0.6) is 0 Å². The van der Waals surface area contributed by atoms with Crippen LogP contribution in [-0.4, -0.2) is 15.0 Å². The van der Waals surface area contributed by atoms with Gasteiger partial charge in [0.2, 0.25) is 0 Å². The Kier molecular flexibility index (Phi) is 2.65. The Labute approximate surface area is 126 Å². The summed E-state index contributed by atoms with van der Waals surface area (Å²) in [6.45, 7) is 0. The zero-order chi connectivity index (χ0) is 14.4. The second-order valence-corrected chi connectivity index (χ2v) is 5.51. The molecule has 0 radical (unpaired) electrons. The second kappa shape index (κ2) is 4.53. The first-order chi connectivity index (χ1) is 10.2. The minimum atomic E-state index is -0.448. The summed E-state index contributed by atoms with van der Waals surface area (Å²) in [4.78, 5) is 12.2. The van der Waals surface area contributed by atoms with Gasteiger partial charge in [-0.1, -0.05) is 39.3 Å². The molecule has 0 saturated heterocycles. The van der Waals surface area contributed by atoms with Crippen LogP contribution < -0.4 is 5.63 Å². The van der Waals surface area contributed by atoms with Crippen molar-refractivity contribution in [2.24, 2.45) is 0 Å². The maximum Gasteiger partial charge on any atom is 0.362 e. The van der Waals surface area contributed by atoms with Crippen LogP contribution in [0.4, 0.5) is 0 Å². The number of para-hydroxylation sites is 1. The van der Waals surface area contributed by atoms with Crippen LogP contribution in [0, 0.1) is 0 Å². The van der Waals surface area contributed by atoms with E-state index in [-0.39, 0.29) is 0 Å². The molecule has 0 aliphatic carbocycles. The summed E-state index contributed by atoms with van der Waals surface area (Å²) in [5, 5.41) is 8.93. The number of nitrogens with zero attached hydrogens (tertiary/aromatic N) is 3. The van der Waals surface area contributed by atoms with E-state index >= 15 is 0 Å². The van der Waals surface area contributed by atoms with Gasteiger partial charge in [0, 0.05) is 9.86 Å². The van der Waals surface area contributed by atoms with Gasteiger partial charge in [-0.2, -0.15) is 0 Å². The lowest BCUT2D eigenvalue weighted by Crippen LogP contribution is -2.11. The summed E-state index contributed by atoms with van der Waals surface area (Å²) in [5.74, 6) is 0. The van der Waals surface area contributed by atoms with Gasteiger partial charge in [0.15, 0.2) is 5.69 Å². The Morgan fingerprint density at radius 3 is 2.86 bits per heavy atom. The first kappa shape index (κ1) is 12.3. The fourth-order valence-electron chi connectivity index (χ4n) is 2.27. The van der Waals surface area contributed by atoms with Crippen molar-refractivity contribution in [3.8, 4) is 5.69 Å². The van der Waals surface area contributed by atoms with Gasteiger partial charge in [-0.05, 0) is 30.3 Å². The third kappa shape index (κ3) is 1.95. The largest absolute Gasteiger partial charge is 0.421 e. The lowest BCUT2D eigenvalue weighted by atomic mass is 10.2. The molecule has 0 spiro atoms. The van der Waals surface area contributed by atoms with Gasteiger partial charge in [0.05, 0.1) is 5.52 Å². The molecular weight excluding hydrogens is 334 g/mol. The van der Waals surface area contributed by atoms with E-state index in [1.165, 1.54) is 4.68 Å². The number of hydrogen-bond acceptors (Lipinski definition) is 4. The molecule has 0 unspecified atom stereocenters. The average molecular weight is 342 g/mol. The monoisotopic (exact) mass is 341 g/mol. The van der Waals surface area contributed by atoms with Crippen LogP contribution in [-0.2, 0) is 0 Å². The molecule has 2 aromatic heterocycles. The van der Waals surface area contributed by atoms with Crippen LogP contribution in [0.3, 0.4) is 0 Å². The molecule has 0 saturated carbocycles. The van der Waals surface area contributed by atoms with E-state index in [9.17, 15) is 4.79 Å². The van der Waals surface area contributed by atoms with Gasteiger partial charge in [0.1, 0.15) is 11.1 Å². The SMILES string of the molecule is O=c1oc2cc(Br)ccc2cc1-n1nnc2ccccc21. The van der Waals surface area contributed by atoms with E-state index in [2.05, 4.69) is 26.2 Å². The smallest absolute Gasteiger partial charge is 0.362 e. The highest BCUT2D eigenvalue weighted by atomic mass is 79.9. The molecule has 0 atom stereocenters. The van der Waals surface area contributed by atoms with Crippen molar-refractivity contribution < 1.29 is 4.42 Å². The van der Waals surface area contributed by atoms with Crippen LogP contribution in [0.2, 0.25) is 0 Å². The molecule has 21 heavy (non-hydrogen) atoms. The maximum absolute atomic E-state index is 12.2. The summed E-state index contributed by atoms with van der Waals surface area (Å²) in [6.07, 6.45) is 0. The predicted molar refractivity (Wildman–Crippen MR) is 82.6 cm³/mol. The number of halogens is 1. The van der Waals surface area contributed by atoms with E-state index in [0.29, 0.717) is 11.3 Å². The molecule has 0 aliphatic heterocycles. The second-order valence-electron chi connectivity index (χ2n) is 4.59.